The Hall–Kier alpha value is -1.76. The minimum absolute atomic E-state index is 0.0443. The normalized spacial score (nSPS) is 13.9. The molecule has 0 bridgehead atoms. The number of nitrogen functional groups attached to an aromatic ring is 1. The zero-order chi connectivity index (χ0) is 13.8. The number of nitrogens with zero attached hydrogens (tertiary/aromatic N) is 1. The molecule has 1 fully saturated rings. The SMILES string of the molecule is COC(=O)c1ccc(N)c(SCC(=O)NC2CC2)n1. The van der Waals surface area contributed by atoms with Crippen LogP contribution in [0.25, 0.3) is 0 Å². The molecule has 0 unspecified atom stereocenters. The lowest BCUT2D eigenvalue weighted by Gasteiger charge is -2.06. The van der Waals surface area contributed by atoms with Crippen LogP contribution < -0.4 is 11.1 Å². The van der Waals surface area contributed by atoms with Crippen molar-refractivity contribution >= 4 is 29.3 Å². The summed E-state index contributed by atoms with van der Waals surface area (Å²) in [6, 6.07) is 3.41. The molecule has 7 heteroatoms. The Labute approximate surface area is 115 Å². The molecule has 6 nitrogen and oxygen atoms in total. The van der Waals surface area contributed by atoms with Crippen LogP contribution in [-0.4, -0.2) is 35.8 Å². The minimum atomic E-state index is -0.524. The molecule has 0 spiro atoms. The van der Waals surface area contributed by atoms with Gasteiger partial charge in [0.15, 0.2) is 0 Å². The number of rotatable bonds is 5. The first-order valence-electron chi connectivity index (χ1n) is 5.87. The molecule has 1 aromatic heterocycles. The molecule has 1 heterocycles. The number of carbonyl (C=O) groups is 2. The summed E-state index contributed by atoms with van der Waals surface area (Å²) in [6.07, 6.45) is 2.10. The molecule has 1 aliphatic rings. The first-order valence-corrected chi connectivity index (χ1v) is 6.85. The van der Waals surface area contributed by atoms with E-state index in [0.29, 0.717) is 16.8 Å². The van der Waals surface area contributed by atoms with Gasteiger partial charge < -0.3 is 15.8 Å². The van der Waals surface area contributed by atoms with Gasteiger partial charge in [-0.15, -0.1) is 0 Å². The monoisotopic (exact) mass is 281 g/mol. The fraction of sp³-hybridized carbons (Fsp3) is 0.417. The number of hydrogen-bond donors (Lipinski definition) is 2. The number of anilines is 1. The minimum Gasteiger partial charge on any atom is -0.464 e. The van der Waals surface area contributed by atoms with E-state index >= 15 is 0 Å². The average Bonchev–Trinajstić information content (AvgIpc) is 3.20. The Morgan fingerprint density at radius 2 is 2.26 bits per heavy atom. The first-order chi connectivity index (χ1) is 9.10. The Bertz CT molecular complexity index is 503. The summed E-state index contributed by atoms with van der Waals surface area (Å²) in [4.78, 5) is 27.0. The van der Waals surface area contributed by atoms with Crippen LogP contribution in [0.2, 0.25) is 0 Å². The van der Waals surface area contributed by atoms with Gasteiger partial charge in [-0.3, -0.25) is 4.79 Å². The zero-order valence-electron chi connectivity index (χ0n) is 10.5. The third-order valence-corrected chi connectivity index (χ3v) is 3.57. The number of hydrogen-bond acceptors (Lipinski definition) is 6. The van der Waals surface area contributed by atoms with Gasteiger partial charge in [0, 0.05) is 6.04 Å². The lowest BCUT2D eigenvalue weighted by atomic mass is 10.3. The van der Waals surface area contributed by atoms with Gasteiger partial charge >= 0.3 is 5.97 Å². The Balaban J connectivity index is 1.97. The van der Waals surface area contributed by atoms with E-state index in [1.807, 2.05) is 0 Å². The van der Waals surface area contributed by atoms with Crippen LogP contribution in [0.1, 0.15) is 23.3 Å². The maximum atomic E-state index is 11.6. The summed E-state index contributed by atoms with van der Waals surface area (Å²) < 4.78 is 4.59. The maximum Gasteiger partial charge on any atom is 0.356 e. The van der Waals surface area contributed by atoms with Crippen molar-refractivity contribution in [3.8, 4) is 0 Å². The van der Waals surface area contributed by atoms with Gasteiger partial charge in [-0.05, 0) is 25.0 Å². The molecule has 0 atom stereocenters. The van der Waals surface area contributed by atoms with E-state index in [9.17, 15) is 9.59 Å². The number of thioether (sulfide) groups is 1. The second-order valence-electron chi connectivity index (χ2n) is 4.21. The van der Waals surface area contributed by atoms with Gasteiger partial charge in [0.05, 0.1) is 18.6 Å². The van der Waals surface area contributed by atoms with Crippen molar-refractivity contribution in [2.45, 2.75) is 23.9 Å². The van der Waals surface area contributed by atoms with Gasteiger partial charge in [-0.1, -0.05) is 11.8 Å². The predicted molar refractivity (Wildman–Crippen MR) is 71.9 cm³/mol. The molecule has 2 rings (SSSR count). The second kappa shape index (κ2) is 5.92. The Morgan fingerprint density at radius 1 is 1.53 bits per heavy atom. The van der Waals surface area contributed by atoms with Gasteiger partial charge in [0.1, 0.15) is 10.7 Å². The molecule has 1 aliphatic carbocycles. The molecule has 0 aromatic carbocycles. The Kier molecular flexibility index (Phi) is 4.26. The third-order valence-electron chi connectivity index (χ3n) is 2.57. The smallest absolute Gasteiger partial charge is 0.356 e. The third kappa shape index (κ3) is 3.85. The van der Waals surface area contributed by atoms with Crippen LogP contribution in [0.4, 0.5) is 5.69 Å². The van der Waals surface area contributed by atoms with E-state index in [4.69, 9.17) is 5.73 Å². The van der Waals surface area contributed by atoms with Gasteiger partial charge in [-0.2, -0.15) is 0 Å². The van der Waals surface area contributed by atoms with Crippen LogP contribution in [0.5, 0.6) is 0 Å². The highest BCUT2D eigenvalue weighted by molar-refractivity contribution is 8.00. The summed E-state index contributed by atoms with van der Waals surface area (Å²) in [5.41, 5.74) is 6.39. The molecule has 3 N–H and O–H groups in total. The maximum absolute atomic E-state index is 11.6. The second-order valence-corrected chi connectivity index (χ2v) is 5.18. The van der Waals surface area contributed by atoms with Crippen molar-refractivity contribution in [2.24, 2.45) is 0 Å². The number of ether oxygens (including phenoxy) is 1. The standard InChI is InChI=1S/C12H15N3O3S/c1-18-12(17)9-5-4-8(13)11(15-9)19-6-10(16)14-7-2-3-7/h4-5,7H,2-3,6,13H2,1H3,(H,14,16). The predicted octanol–water partition coefficient (Wildman–Crippen LogP) is 0.821. The number of esters is 1. The number of aromatic nitrogens is 1. The van der Waals surface area contributed by atoms with Crippen molar-refractivity contribution in [2.75, 3.05) is 18.6 Å². The summed E-state index contributed by atoms with van der Waals surface area (Å²) >= 11 is 1.21. The molecular weight excluding hydrogens is 266 g/mol. The molecule has 0 aliphatic heterocycles. The van der Waals surface area contributed by atoms with E-state index in [1.54, 1.807) is 6.07 Å². The summed E-state index contributed by atoms with van der Waals surface area (Å²) in [6.45, 7) is 0. The average molecular weight is 281 g/mol. The number of carbonyl (C=O) groups excluding carboxylic acids is 2. The summed E-state index contributed by atoms with van der Waals surface area (Å²) in [5, 5.41) is 3.34. The molecule has 0 radical (unpaired) electrons. The van der Waals surface area contributed by atoms with Crippen LogP contribution in [0.3, 0.4) is 0 Å². The molecule has 1 saturated carbocycles. The molecular formula is C12H15N3O3S. The highest BCUT2D eigenvalue weighted by Crippen LogP contribution is 2.24. The lowest BCUT2D eigenvalue weighted by molar-refractivity contribution is -0.118. The molecule has 1 aromatic rings. The fourth-order valence-corrected chi connectivity index (χ4v) is 2.16. The largest absolute Gasteiger partial charge is 0.464 e. The van der Waals surface area contributed by atoms with Crippen molar-refractivity contribution in [1.82, 2.24) is 10.3 Å². The van der Waals surface area contributed by atoms with Gasteiger partial charge in [0.25, 0.3) is 0 Å². The van der Waals surface area contributed by atoms with Crippen LogP contribution in [0, 0.1) is 0 Å². The number of nitrogens with one attached hydrogen (secondary N) is 1. The number of amides is 1. The van der Waals surface area contributed by atoms with Crippen LogP contribution in [0.15, 0.2) is 17.2 Å². The van der Waals surface area contributed by atoms with E-state index < -0.39 is 5.97 Å². The van der Waals surface area contributed by atoms with Crippen molar-refractivity contribution < 1.29 is 14.3 Å². The van der Waals surface area contributed by atoms with E-state index in [0.717, 1.165) is 12.8 Å². The van der Waals surface area contributed by atoms with E-state index in [2.05, 4.69) is 15.0 Å². The molecule has 102 valence electrons. The molecule has 19 heavy (non-hydrogen) atoms. The highest BCUT2D eigenvalue weighted by Gasteiger charge is 2.23. The van der Waals surface area contributed by atoms with Crippen molar-refractivity contribution in [3.63, 3.8) is 0 Å². The number of pyridine rings is 1. The topological polar surface area (TPSA) is 94.3 Å². The van der Waals surface area contributed by atoms with Gasteiger partial charge in [0.2, 0.25) is 5.91 Å². The summed E-state index contributed by atoms with van der Waals surface area (Å²) in [5.74, 6) is -0.334. The van der Waals surface area contributed by atoms with Crippen LogP contribution in [-0.2, 0) is 9.53 Å². The first kappa shape index (κ1) is 13.7. The van der Waals surface area contributed by atoms with E-state index in [-0.39, 0.29) is 17.4 Å². The highest BCUT2D eigenvalue weighted by atomic mass is 32.2. The number of nitrogens with two attached hydrogens (primary N) is 1. The quantitative estimate of drug-likeness (QED) is 0.613. The summed E-state index contributed by atoms with van der Waals surface area (Å²) in [7, 11) is 1.29. The molecule has 0 saturated heterocycles. The molecule has 1 amide bonds. The zero-order valence-corrected chi connectivity index (χ0v) is 11.3. The van der Waals surface area contributed by atoms with E-state index in [1.165, 1.54) is 24.9 Å². The van der Waals surface area contributed by atoms with Gasteiger partial charge in [-0.25, -0.2) is 9.78 Å². The van der Waals surface area contributed by atoms with Crippen LogP contribution >= 0.6 is 11.8 Å². The lowest BCUT2D eigenvalue weighted by Crippen LogP contribution is -2.27. The van der Waals surface area contributed by atoms with Crippen molar-refractivity contribution in [3.05, 3.63) is 17.8 Å². The van der Waals surface area contributed by atoms with Crippen molar-refractivity contribution in [1.29, 1.82) is 0 Å². The Morgan fingerprint density at radius 3 is 2.89 bits per heavy atom. The fourth-order valence-electron chi connectivity index (χ4n) is 1.42. The number of methoxy groups -OCH3 is 1.